The number of phenols is 1. The highest BCUT2D eigenvalue weighted by Crippen LogP contribution is 2.35. The molecule has 5 heteroatoms. The van der Waals surface area contributed by atoms with Gasteiger partial charge in [0.25, 0.3) is 0 Å². The Labute approximate surface area is 88.9 Å². The number of fused-ring (bicyclic) bond motifs is 1. The van der Waals surface area contributed by atoms with E-state index in [2.05, 4.69) is 4.98 Å². The van der Waals surface area contributed by atoms with Gasteiger partial charge in [0.05, 0.1) is 15.6 Å². The molecule has 1 heterocycles. The predicted molar refractivity (Wildman–Crippen MR) is 56.3 cm³/mol. The number of aromatic amines is 1. The first-order chi connectivity index (χ1) is 6.59. The van der Waals surface area contributed by atoms with Crippen LogP contribution in [0.5, 0.6) is 5.75 Å². The average Bonchev–Trinajstić information content (AvgIpc) is 2.14. The second-order valence-corrected chi connectivity index (χ2v) is 3.61. The maximum atomic E-state index is 11.0. The molecule has 0 fully saturated rings. The Hall–Kier alpha value is -1.19. The molecular formula is C9H5Cl2NO2. The van der Waals surface area contributed by atoms with Crippen LogP contribution >= 0.6 is 23.2 Å². The van der Waals surface area contributed by atoms with Crippen LogP contribution in [0.4, 0.5) is 0 Å². The Kier molecular flexibility index (Phi) is 2.13. The second kappa shape index (κ2) is 3.19. The number of hydrogen-bond donors (Lipinski definition) is 2. The molecule has 72 valence electrons. The van der Waals surface area contributed by atoms with Gasteiger partial charge < -0.3 is 10.1 Å². The molecule has 2 N–H and O–H groups in total. The molecule has 0 amide bonds. The molecule has 0 radical (unpaired) electrons. The van der Waals surface area contributed by atoms with E-state index in [1.54, 1.807) is 0 Å². The van der Waals surface area contributed by atoms with Gasteiger partial charge in [0.1, 0.15) is 0 Å². The number of nitrogens with one attached hydrogen (secondary N) is 1. The quantitative estimate of drug-likeness (QED) is 0.730. The largest absolute Gasteiger partial charge is 0.504 e. The molecule has 2 rings (SSSR count). The summed E-state index contributed by atoms with van der Waals surface area (Å²) in [5, 5.41) is 10.6. The first-order valence-corrected chi connectivity index (χ1v) is 4.55. The molecule has 0 aliphatic carbocycles. The van der Waals surface area contributed by atoms with Crippen molar-refractivity contribution in [2.75, 3.05) is 0 Å². The molecule has 0 spiro atoms. The van der Waals surface area contributed by atoms with E-state index in [-0.39, 0.29) is 21.8 Å². The molecule has 0 aliphatic rings. The number of H-pyrrole nitrogens is 1. The van der Waals surface area contributed by atoms with Gasteiger partial charge in [-0.3, -0.25) is 4.79 Å². The zero-order chi connectivity index (χ0) is 10.3. The maximum Gasteiger partial charge on any atom is 0.248 e. The van der Waals surface area contributed by atoms with E-state index < -0.39 is 0 Å². The Morgan fingerprint density at radius 1 is 1.21 bits per heavy atom. The Morgan fingerprint density at radius 3 is 2.64 bits per heavy atom. The molecule has 3 nitrogen and oxygen atoms in total. The van der Waals surface area contributed by atoms with Gasteiger partial charge in [-0.2, -0.15) is 0 Å². The second-order valence-electron chi connectivity index (χ2n) is 2.80. The van der Waals surface area contributed by atoms with Gasteiger partial charge in [-0.1, -0.05) is 23.2 Å². The number of aromatic hydroxyl groups is 1. The van der Waals surface area contributed by atoms with Crippen molar-refractivity contribution in [3.63, 3.8) is 0 Å². The third kappa shape index (κ3) is 1.35. The summed E-state index contributed by atoms with van der Waals surface area (Å²) in [5.74, 6) is -0.163. The summed E-state index contributed by atoms with van der Waals surface area (Å²) in [7, 11) is 0. The van der Waals surface area contributed by atoms with Crippen LogP contribution in [0.25, 0.3) is 10.9 Å². The van der Waals surface area contributed by atoms with Gasteiger partial charge >= 0.3 is 0 Å². The van der Waals surface area contributed by atoms with Crippen molar-refractivity contribution in [2.45, 2.75) is 0 Å². The molecule has 0 saturated heterocycles. The van der Waals surface area contributed by atoms with E-state index in [4.69, 9.17) is 23.2 Å². The first-order valence-electron chi connectivity index (χ1n) is 3.79. The van der Waals surface area contributed by atoms with Gasteiger partial charge in [-0.05, 0) is 12.1 Å². The molecule has 0 bridgehead atoms. The minimum atomic E-state index is -0.314. The SMILES string of the molecule is O=c1ccc2c(Cl)cc(Cl)c(O)c2[nH]1. The lowest BCUT2D eigenvalue weighted by Crippen LogP contribution is -2.02. The van der Waals surface area contributed by atoms with Crippen molar-refractivity contribution in [3.8, 4) is 5.75 Å². The van der Waals surface area contributed by atoms with E-state index in [0.29, 0.717) is 10.4 Å². The summed E-state index contributed by atoms with van der Waals surface area (Å²) in [5.41, 5.74) is -0.0545. The zero-order valence-electron chi connectivity index (χ0n) is 6.84. The lowest BCUT2D eigenvalue weighted by molar-refractivity contribution is 0.480. The monoisotopic (exact) mass is 229 g/mol. The number of phenolic OH excluding ortho intramolecular Hbond substituents is 1. The fourth-order valence-corrected chi connectivity index (χ4v) is 1.76. The van der Waals surface area contributed by atoms with Crippen LogP contribution in [0, 0.1) is 0 Å². The smallest absolute Gasteiger partial charge is 0.248 e. The number of pyridine rings is 1. The third-order valence-corrected chi connectivity index (χ3v) is 2.49. The molecule has 1 aromatic carbocycles. The molecule has 0 aliphatic heterocycles. The summed E-state index contributed by atoms with van der Waals surface area (Å²) in [6, 6.07) is 4.30. The van der Waals surface area contributed by atoms with Crippen LogP contribution in [-0.2, 0) is 0 Å². The highest BCUT2D eigenvalue weighted by molar-refractivity contribution is 6.39. The minimum Gasteiger partial charge on any atom is -0.504 e. The lowest BCUT2D eigenvalue weighted by Gasteiger charge is -2.04. The molecule has 2 aromatic rings. The van der Waals surface area contributed by atoms with Crippen LogP contribution in [0.3, 0.4) is 0 Å². The van der Waals surface area contributed by atoms with Crippen LogP contribution in [0.1, 0.15) is 0 Å². The van der Waals surface area contributed by atoms with Crippen molar-refractivity contribution in [3.05, 3.63) is 38.6 Å². The van der Waals surface area contributed by atoms with E-state index in [1.165, 1.54) is 18.2 Å². The summed E-state index contributed by atoms with van der Waals surface area (Å²) in [6.45, 7) is 0. The van der Waals surface area contributed by atoms with Gasteiger partial charge in [0.15, 0.2) is 5.75 Å². The predicted octanol–water partition coefficient (Wildman–Crippen LogP) is 2.54. The van der Waals surface area contributed by atoms with Crippen molar-refractivity contribution in [1.29, 1.82) is 0 Å². The van der Waals surface area contributed by atoms with Gasteiger partial charge in [-0.25, -0.2) is 0 Å². The van der Waals surface area contributed by atoms with Crippen LogP contribution in [-0.4, -0.2) is 10.1 Å². The van der Waals surface area contributed by atoms with Crippen molar-refractivity contribution < 1.29 is 5.11 Å². The summed E-state index contributed by atoms with van der Waals surface area (Å²) >= 11 is 11.6. The molecular weight excluding hydrogens is 225 g/mol. The maximum absolute atomic E-state index is 11.0. The number of hydrogen-bond acceptors (Lipinski definition) is 2. The Bertz CT molecular complexity index is 562. The van der Waals surface area contributed by atoms with Crippen molar-refractivity contribution >= 4 is 34.1 Å². The number of aromatic nitrogens is 1. The van der Waals surface area contributed by atoms with E-state index in [0.717, 1.165) is 0 Å². The van der Waals surface area contributed by atoms with Gasteiger partial charge in [-0.15, -0.1) is 0 Å². The normalized spacial score (nSPS) is 10.7. The van der Waals surface area contributed by atoms with Crippen molar-refractivity contribution in [1.82, 2.24) is 4.98 Å². The first kappa shape index (κ1) is 9.37. The zero-order valence-corrected chi connectivity index (χ0v) is 8.36. The highest BCUT2D eigenvalue weighted by atomic mass is 35.5. The van der Waals surface area contributed by atoms with E-state index >= 15 is 0 Å². The highest BCUT2D eigenvalue weighted by Gasteiger charge is 2.09. The summed E-state index contributed by atoms with van der Waals surface area (Å²) in [4.78, 5) is 13.5. The molecule has 1 aromatic heterocycles. The average molecular weight is 230 g/mol. The fourth-order valence-electron chi connectivity index (χ4n) is 1.24. The van der Waals surface area contributed by atoms with E-state index in [9.17, 15) is 9.90 Å². The number of halogens is 2. The third-order valence-electron chi connectivity index (χ3n) is 1.89. The topological polar surface area (TPSA) is 53.1 Å². The standard InChI is InChI=1S/C9H5Cl2NO2/c10-5-3-6(11)9(14)8-4(5)1-2-7(13)12-8/h1-3,14H,(H,12,13). The molecule has 0 saturated carbocycles. The molecule has 0 atom stereocenters. The fraction of sp³-hybridized carbons (Fsp3) is 0. The van der Waals surface area contributed by atoms with Crippen LogP contribution in [0.2, 0.25) is 10.0 Å². The minimum absolute atomic E-state index is 0.115. The van der Waals surface area contributed by atoms with Gasteiger partial charge in [0.2, 0.25) is 5.56 Å². The van der Waals surface area contributed by atoms with Crippen molar-refractivity contribution in [2.24, 2.45) is 0 Å². The van der Waals surface area contributed by atoms with Gasteiger partial charge in [0, 0.05) is 11.5 Å². The Balaban J connectivity index is 3.02. The van der Waals surface area contributed by atoms with E-state index in [1.807, 2.05) is 0 Å². The number of benzene rings is 1. The Morgan fingerprint density at radius 2 is 1.93 bits per heavy atom. The summed E-state index contributed by atoms with van der Waals surface area (Å²) in [6.07, 6.45) is 0. The summed E-state index contributed by atoms with van der Waals surface area (Å²) < 4.78 is 0. The number of rotatable bonds is 0. The van der Waals surface area contributed by atoms with Crippen LogP contribution < -0.4 is 5.56 Å². The molecule has 0 unspecified atom stereocenters. The van der Waals surface area contributed by atoms with Crippen LogP contribution in [0.15, 0.2) is 23.0 Å². The lowest BCUT2D eigenvalue weighted by atomic mass is 10.2. The molecule has 14 heavy (non-hydrogen) atoms.